The molecule has 6 nitrogen and oxygen atoms in total. The van der Waals surface area contributed by atoms with Gasteiger partial charge in [-0.3, -0.25) is 0 Å². The van der Waals surface area contributed by atoms with Crippen molar-refractivity contribution in [3.63, 3.8) is 0 Å². The van der Waals surface area contributed by atoms with E-state index in [-0.39, 0.29) is 16.2 Å². The van der Waals surface area contributed by atoms with Crippen molar-refractivity contribution >= 4 is 16.0 Å². The predicted molar refractivity (Wildman–Crippen MR) is 72.4 cm³/mol. The van der Waals surface area contributed by atoms with Crippen LogP contribution in [-0.2, 0) is 10.0 Å². The first-order valence-corrected chi connectivity index (χ1v) is 7.74. The lowest BCUT2D eigenvalue weighted by Gasteiger charge is -2.09. The van der Waals surface area contributed by atoms with Gasteiger partial charge in [-0.1, -0.05) is 6.92 Å². The Hall–Kier alpha value is -1.60. The molecule has 0 spiro atoms. The fourth-order valence-electron chi connectivity index (χ4n) is 2.00. The van der Waals surface area contributed by atoms with E-state index in [4.69, 9.17) is 9.84 Å². The molecule has 0 amide bonds. The van der Waals surface area contributed by atoms with E-state index < -0.39 is 16.0 Å². The van der Waals surface area contributed by atoms with E-state index in [0.29, 0.717) is 18.4 Å². The van der Waals surface area contributed by atoms with E-state index in [0.717, 1.165) is 12.5 Å². The van der Waals surface area contributed by atoms with Crippen molar-refractivity contribution in [2.75, 3.05) is 13.7 Å². The number of hydrogen-bond acceptors (Lipinski definition) is 4. The molecule has 0 heterocycles. The number of benzene rings is 1. The van der Waals surface area contributed by atoms with Gasteiger partial charge < -0.3 is 9.84 Å². The second-order valence-electron chi connectivity index (χ2n) is 4.99. The molecule has 0 bridgehead atoms. The van der Waals surface area contributed by atoms with Crippen LogP contribution in [0.25, 0.3) is 0 Å². The number of hydrogen-bond donors (Lipinski definition) is 2. The number of sulfonamides is 1. The lowest BCUT2D eigenvalue weighted by Crippen LogP contribution is -2.26. The Kier molecular flexibility index (Phi) is 4.01. The molecule has 2 N–H and O–H groups in total. The normalized spacial score (nSPS) is 21.5. The van der Waals surface area contributed by atoms with Gasteiger partial charge in [-0.15, -0.1) is 0 Å². The van der Waals surface area contributed by atoms with Crippen molar-refractivity contribution in [1.82, 2.24) is 4.72 Å². The van der Waals surface area contributed by atoms with E-state index in [1.54, 1.807) is 0 Å². The van der Waals surface area contributed by atoms with Crippen LogP contribution in [0.3, 0.4) is 0 Å². The summed E-state index contributed by atoms with van der Waals surface area (Å²) in [6.45, 7) is 2.45. The van der Waals surface area contributed by atoms with Crippen LogP contribution in [0.5, 0.6) is 5.75 Å². The average molecular weight is 299 g/mol. The van der Waals surface area contributed by atoms with Gasteiger partial charge in [0.2, 0.25) is 10.0 Å². The molecule has 110 valence electrons. The summed E-state index contributed by atoms with van der Waals surface area (Å²) in [5, 5.41) is 9.05. The third kappa shape index (κ3) is 3.10. The number of ether oxygens (including phenoxy) is 1. The zero-order valence-corrected chi connectivity index (χ0v) is 12.1. The quantitative estimate of drug-likeness (QED) is 0.826. The molecule has 2 rings (SSSR count). The highest BCUT2D eigenvalue weighted by molar-refractivity contribution is 7.89. The highest BCUT2D eigenvalue weighted by Crippen LogP contribution is 2.37. The molecule has 0 saturated heterocycles. The Labute approximate surface area is 117 Å². The molecule has 1 aliphatic rings. The monoisotopic (exact) mass is 299 g/mol. The molecule has 1 fully saturated rings. The largest absolute Gasteiger partial charge is 0.496 e. The summed E-state index contributed by atoms with van der Waals surface area (Å²) in [4.78, 5) is 11.0. The van der Waals surface area contributed by atoms with Crippen molar-refractivity contribution in [1.29, 1.82) is 0 Å². The summed E-state index contributed by atoms with van der Waals surface area (Å²) in [6, 6.07) is 3.79. The number of rotatable bonds is 6. The lowest BCUT2D eigenvalue weighted by molar-refractivity contribution is 0.0693. The average Bonchev–Trinajstić information content (AvgIpc) is 3.11. The number of methoxy groups -OCH3 is 1. The van der Waals surface area contributed by atoms with Crippen LogP contribution < -0.4 is 9.46 Å². The van der Waals surface area contributed by atoms with Crippen molar-refractivity contribution in [3.8, 4) is 5.75 Å². The highest BCUT2D eigenvalue weighted by Gasteiger charge is 2.33. The standard InChI is InChI=1S/C13H17NO5S/c1-8-5-9(8)7-14-20(17,18)10-3-4-12(19-2)11(6-10)13(15)16/h3-4,6,8-9,14H,5,7H2,1-2H3,(H,15,16). The van der Waals surface area contributed by atoms with Gasteiger partial charge in [0, 0.05) is 6.54 Å². The molecule has 0 aromatic heterocycles. The molecular formula is C13H17NO5S. The van der Waals surface area contributed by atoms with Crippen LogP contribution in [0, 0.1) is 11.8 Å². The highest BCUT2D eigenvalue weighted by atomic mass is 32.2. The lowest BCUT2D eigenvalue weighted by atomic mass is 10.2. The maximum Gasteiger partial charge on any atom is 0.339 e. The van der Waals surface area contributed by atoms with Gasteiger partial charge in [-0.25, -0.2) is 17.9 Å². The predicted octanol–water partition coefficient (Wildman–Crippen LogP) is 1.33. The van der Waals surface area contributed by atoms with Gasteiger partial charge in [0.1, 0.15) is 11.3 Å². The Bertz CT molecular complexity index is 626. The summed E-state index contributed by atoms with van der Waals surface area (Å²) in [7, 11) is -2.35. The summed E-state index contributed by atoms with van der Waals surface area (Å²) in [6.07, 6.45) is 1.02. The van der Waals surface area contributed by atoms with Crippen LogP contribution in [0.2, 0.25) is 0 Å². The minimum absolute atomic E-state index is 0.0657. The maximum absolute atomic E-state index is 12.1. The Morgan fingerprint density at radius 2 is 2.15 bits per heavy atom. The van der Waals surface area contributed by atoms with Gasteiger partial charge in [0.05, 0.1) is 12.0 Å². The van der Waals surface area contributed by atoms with E-state index in [2.05, 4.69) is 11.6 Å². The number of carboxylic acid groups (broad SMARTS) is 1. The first-order valence-electron chi connectivity index (χ1n) is 6.26. The van der Waals surface area contributed by atoms with Gasteiger partial charge >= 0.3 is 5.97 Å². The molecule has 2 unspecified atom stereocenters. The van der Waals surface area contributed by atoms with E-state index in [1.807, 2.05) is 0 Å². The van der Waals surface area contributed by atoms with Gasteiger partial charge in [-0.2, -0.15) is 0 Å². The third-order valence-electron chi connectivity index (χ3n) is 3.52. The second-order valence-corrected chi connectivity index (χ2v) is 6.76. The molecule has 0 radical (unpaired) electrons. The summed E-state index contributed by atoms with van der Waals surface area (Å²) >= 11 is 0. The number of nitrogens with one attached hydrogen (secondary N) is 1. The number of carboxylic acids is 1. The smallest absolute Gasteiger partial charge is 0.339 e. The fraction of sp³-hybridized carbons (Fsp3) is 0.462. The van der Waals surface area contributed by atoms with Gasteiger partial charge in [-0.05, 0) is 36.5 Å². The maximum atomic E-state index is 12.1. The first kappa shape index (κ1) is 14.8. The van der Waals surface area contributed by atoms with Crippen molar-refractivity contribution in [2.45, 2.75) is 18.2 Å². The van der Waals surface area contributed by atoms with E-state index in [9.17, 15) is 13.2 Å². The Morgan fingerprint density at radius 3 is 2.65 bits per heavy atom. The number of aromatic carboxylic acids is 1. The summed E-state index contributed by atoms with van der Waals surface area (Å²) in [5.74, 6) is -0.174. The van der Waals surface area contributed by atoms with Gasteiger partial charge in [0.15, 0.2) is 0 Å². The Balaban J connectivity index is 2.22. The minimum atomic E-state index is -3.69. The minimum Gasteiger partial charge on any atom is -0.496 e. The van der Waals surface area contributed by atoms with E-state index in [1.165, 1.54) is 19.2 Å². The van der Waals surface area contributed by atoms with Crippen LogP contribution in [-0.4, -0.2) is 33.1 Å². The molecule has 1 aromatic rings. The first-order chi connectivity index (χ1) is 9.35. The van der Waals surface area contributed by atoms with Gasteiger partial charge in [0.25, 0.3) is 0 Å². The van der Waals surface area contributed by atoms with Crippen LogP contribution >= 0.6 is 0 Å². The fourth-order valence-corrected chi connectivity index (χ4v) is 3.13. The molecule has 1 aliphatic carbocycles. The second kappa shape index (κ2) is 5.41. The SMILES string of the molecule is COc1ccc(S(=O)(=O)NCC2CC2C)cc1C(=O)O. The Morgan fingerprint density at radius 1 is 1.50 bits per heavy atom. The van der Waals surface area contributed by atoms with Crippen molar-refractivity contribution < 1.29 is 23.1 Å². The van der Waals surface area contributed by atoms with E-state index >= 15 is 0 Å². The topological polar surface area (TPSA) is 92.7 Å². The number of carbonyl (C=O) groups is 1. The molecule has 2 atom stereocenters. The summed E-state index contributed by atoms with van der Waals surface area (Å²) in [5.41, 5.74) is -0.171. The molecule has 20 heavy (non-hydrogen) atoms. The molecule has 7 heteroatoms. The van der Waals surface area contributed by atoms with Crippen LogP contribution in [0.1, 0.15) is 23.7 Å². The zero-order valence-electron chi connectivity index (χ0n) is 11.3. The molecule has 1 saturated carbocycles. The zero-order chi connectivity index (χ0) is 14.9. The summed E-state index contributed by atoms with van der Waals surface area (Å²) < 4.78 is 31.6. The van der Waals surface area contributed by atoms with Crippen molar-refractivity contribution in [2.24, 2.45) is 11.8 Å². The van der Waals surface area contributed by atoms with Crippen LogP contribution in [0.15, 0.2) is 23.1 Å². The molecule has 1 aromatic carbocycles. The van der Waals surface area contributed by atoms with Crippen LogP contribution in [0.4, 0.5) is 0 Å². The third-order valence-corrected chi connectivity index (χ3v) is 4.94. The molecule has 0 aliphatic heterocycles. The van der Waals surface area contributed by atoms with Crippen molar-refractivity contribution in [3.05, 3.63) is 23.8 Å². The molecular weight excluding hydrogens is 282 g/mol.